The number of hydrogen-bond acceptors (Lipinski definition) is 6. The lowest BCUT2D eigenvalue weighted by Gasteiger charge is -2.20. The predicted molar refractivity (Wildman–Crippen MR) is 98.1 cm³/mol. The summed E-state index contributed by atoms with van der Waals surface area (Å²) < 4.78 is 23.0. The number of para-hydroxylation sites is 1. The van der Waals surface area contributed by atoms with Crippen LogP contribution in [0, 0.1) is 0 Å². The SMILES string of the molecule is CCN(CC(=O)NC1CCS(=O)(=O)C1)C(=O)c1cnn(-c2ccccc2)n1. The van der Waals surface area contributed by atoms with Gasteiger partial charge in [0.25, 0.3) is 5.91 Å². The van der Waals surface area contributed by atoms with Crippen LogP contribution in [0.1, 0.15) is 23.8 Å². The molecule has 0 radical (unpaired) electrons. The Balaban J connectivity index is 1.62. The van der Waals surface area contributed by atoms with E-state index in [9.17, 15) is 18.0 Å². The lowest BCUT2D eigenvalue weighted by Crippen LogP contribution is -2.44. The molecule has 1 aliphatic rings. The zero-order valence-electron chi connectivity index (χ0n) is 14.9. The van der Waals surface area contributed by atoms with Crippen molar-refractivity contribution in [3.63, 3.8) is 0 Å². The van der Waals surface area contributed by atoms with Gasteiger partial charge in [-0.3, -0.25) is 9.59 Å². The number of sulfone groups is 1. The van der Waals surface area contributed by atoms with Crippen molar-refractivity contribution in [2.45, 2.75) is 19.4 Å². The predicted octanol–water partition coefficient (Wildman–Crippen LogP) is 0.0327. The fraction of sp³-hybridized carbons (Fsp3) is 0.412. The van der Waals surface area contributed by atoms with Crippen molar-refractivity contribution in [1.29, 1.82) is 0 Å². The van der Waals surface area contributed by atoms with Gasteiger partial charge in [0, 0.05) is 12.6 Å². The number of nitrogens with zero attached hydrogens (tertiary/aromatic N) is 4. The van der Waals surface area contributed by atoms with Crippen molar-refractivity contribution in [2.24, 2.45) is 0 Å². The third-order valence-corrected chi connectivity index (χ3v) is 6.07. The number of nitrogens with one attached hydrogen (secondary N) is 1. The van der Waals surface area contributed by atoms with Gasteiger partial charge in [-0.25, -0.2) is 8.42 Å². The summed E-state index contributed by atoms with van der Waals surface area (Å²) in [5.74, 6) is -0.766. The molecule has 2 heterocycles. The fourth-order valence-corrected chi connectivity index (χ4v) is 4.56. The number of aromatic nitrogens is 3. The van der Waals surface area contributed by atoms with Crippen molar-refractivity contribution in [3.8, 4) is 5.69 Å². The molecule has 3 rings (SSSR count). The number of carbonyl (C=O) groups excluding carboxylic acids is 2. The third kappa shape index (κ3) is 4.70. The van der Waals surface area contributed by atoms with Crippen LogP contribution in [-0.4, -0.2) is 70.8 Å². The van der Waals surface area contributed by atoms with Gasteiger partial charge in [0.15, 0.2) is 15.5 Å². The highest BCUT2D eigenvalue weighted by atomic mass is 32.2. The van der Waals surface area contributed by atoms with Gasteiger partial charge in [-0.1, -0.05) is 18.2 Å². The van der Waals surface area contributed by atoms with E-state index >= 15 is 0 Å². The van der Waals surface area contributed by atoms with Crippen molar-refractivity contribution >= 4 is 21.7 Å². The minimum atomic E-state index is -3.07. The highest BCUT2D eigenvalue weighted by molar-refractivity contribution is 7.91. The Morgan fingerprint density at radius 1 is 1.30 bits per heavy atom. The number of benzene rings is 1. The molecule has 1 atom stereocenters. The lowest BCUT2D eigenvalue weighted by molar-refractivity contribution is -0.122. The quantitative estimate of drug-likeness (QED) is 0.743. The summed E-state index contributed by atoms with van der Waals surface area (Å²) >= 11 is 0. The van der Waals surface area contributed by atoms with Crippen LogP contribution < -0.4 is 5.32 Å². The van der Waals surface area contributed by atoms with Crippen molar-refractivity contribution in [2.75, 3.05) is 24.6 Å². The molecule has 10 heteroatoms. The van der Waals surface area contributed by atoms with Crippen LogP contribution in [0.3, 0.4) is 0 Å². The maximum atomic E-state index is 12.6. The van der Waals surface area contributed by atoms with E-state index in [2.05, 4.69) is 15.5 Å². The van der Waals surface area contributed by atoms with Crippen LogP contribution in [0.4, 0.5) is 0 Å². The van der Waals surface area contributed by atoms with Gasteiger partial charge in [0.05, 0.1) is 29.9 Å². The molecular weight excluding hydrogens is 370 g/mol. The van der Waals surface area contributed by atoms with E-state index in [4.69, 9.17) is 0 Å². The lowest BCUT2D eigenvalue weighted by atomic mass is 10.2. The maximum absolute atomic E-state index is 12.6. The van der Waals surface area contributed by atoms with Gasteiger partial charge in [-0.05, 0) is 25.5 Å². The summed E-state index contributed by atoms with van der Waals surface area (Å²) in [5.41, 5.74) is 0.858. The minimum Gasteiger partial charge on any atom is -0.351 e. The Bertz CT molecular complexity index is 926. The van der Waals surface area contributed by atoms with E-state index in [1.807, 2.05) is 30.3 Å². The monoisotopic (exact) mass is 391 g/mol. The number of hydrogen-bond donors (Lipinski definition) is 1. The van der Waals surface area contributed by atoms with E-state index in [0.717, 1.165) is 5.69 Å². The zero-order chi connectivity index (χ0) is 19.4. The van der Waals surface area contributed by atoms with Gasteiger partial charge < -0.3 is 10.2 Å². The first-order valence-electron chi connectivity index (χ1n) is 8.65. The van der Waals surface area contributed by atoms with Gasteiger partial charge >= 0.3 is 0 Å². The summed E-state index contributed by atoms with van der Waals surface area (Å²) in [6.07, 6.45) is 1.76. The molecule has 1 fully saturated rings. The Morgan fingerprint density at radius 3 is 2.67 bits per heavy atom. The maximum Gasteiger partial charge on any atom is 0.276 e. The Kier molecular flexibility index (Phi) is 5.54. The first-order chi connectivity index (χ1) is 12.9. The Morgan fingerprint density at radius 2 is 2.04 bits per heavy atom. The molecule has 1 aromatic carbocycles. The smallest absolute Gasteiger partial charge is 0.276 e. The summed E-state index contributed by atoms with van der Waals surface area (Å²) in [5, 5.41) is 11.0. The molecule has 1 aromatic heterocycles. The first-order valence-corrected chi connectivity index (χ1v) is 10.5. The fourth-order valence-electron chi connectivity index (χ4n) is 2.89. The Labute approximate surface area is 157 Å². The Hall–Kier alpha value is -2.75. The van der Waals surface area contributed by atoms with Crippen LogP contribution >= 0.6 is 0 Å². The standard InChI is InChI=1S/C17H21N5O4S/c1-2-21(11-16(23)19-13-8-9-27(25,26)12-13)17(24)15-10-18-22(20-15)14-6-4-3-5-7-14/h3-7,10,13H,2,8-9,11-12H2,1H3,(H,19,23). The second kappa shape index (κ2) is 7.87. The summed E-state index contributed by atoms with van der Waals surface area (Å²) in [7, 11) is -3.07. The number of carbonyl (C=O) groups is 2. The molecule has 1 N–H and O–H groups in total. The van der Waals surface area contributed by atoms with Gasteiger partial charge in [0.1, 0.15) is 0 Å². The van der Waals surface area contributed by atoms with Gasteiger partial charge in [-0.2, -0.15) is 9.90 Å². The molecule has 1 aliphatic heterocycles. The molecule has 0 saturated carbocycles. The number of likely N-dealkylation sites (N-methyl/N-ethyl adjacent to an activating group) is 1. The molecule has 2 amide bonds. The highest BCUT2D eigenvalue weighted by Crippen LogP contribution is 2.11. The summed E-state index contributed by atoms with van der Waals surface area (Å²) in [6.45, 7) is 1.91. The molecule has 0 spiro atoms. The number of amides is 2. The van der Waals surface area contributed by atoms with E-state index < -0.39 is 21.8 Å². The van der Waals surface area contributed by atoms with Crippen LogP contribution in [0.25, 0.3) is 5.69 Å². The van der Waals surface area contributed by atoms with Gasteiger partial charge in [-0.15, -0.1) is 5.10 Å². The molecule has 144 valence electrons. The second-order valence-corrected chi connectivity index (χ2v) is 8.57. The number of rotatable bonds is 6. The summed E-state index contributed by atoms with van der Waals surface area (Å²) in [4.78, 5) is 27.5. The van der Waals surface area contributed by atoms with Crippen LogP contribution in [0.15, 0.2) is 36.5 Å². The van der Waals surface area contributed by atoms with E-state index in [1.165, 1.54) is 15.9 Å². The summed E-state index contributed by atoms with van der Waals surface area (Å²) in [6, 6.07) is 8.78. The molecule has 2 aromatic rings. The molecule has 0 bridgehead atoms. The van der Waals surface area contributed by atoms with Gasteiger partial charge in [0.2, 0.25) is 5.91 Å². The largest absolute Gasteiger partial charge is 0.351 e. The first kappa shape index (κ1) is 19.0. The molecule has 0 aliphatic carbocycles. The third-order valence-electron chi connectivity index (χ3n) is 4.30. The highest BCUT2D eigenvalue weighted by Gasteiger charge is 2.29. The van der Waals surface area contributed by atoms with Crippen LogP contribution in [0.5, 0.6) is 0 Å². The van der Waals surface area contributed by atoms with Crippen LogP contribution in [-0.2, 0) is 14.6 Å². The molecule has 1 saturated heterocycles. The zero-order valence-corrected chi connectivity index (χ0v) is 15.7. The minimum absolute atomic E-state index is 0.0514. The molecule has 9 nitrogen and oxygen atoms in total. The van der Waals surface area contributed by atoms with Crippen LogP contribution in [0.2, 0.25) is 0 Å². The molecule has 27 heavy (non-hydrogen) atoms. The van der Waals surface area contributed by atoms with E-state index in [1.54, 1.807) is 6.92 Å². The topological polar surface area (TPSA) is 114 Å². The average molecular weight is 391 g/mol. The second-order valence-electron chi connectivity index (χ2n) is 6.34. The van der Waals surface area contributed by atoms with E-state index in [0.29, 0.717) is 13.0 Å². The van der Waals surface area contributed by atoms with Crippen molar-refractivity contribution in [1.82, 2.24) is 25.2 Å². The van der Waals surface area contributed by atoms with E-state index in [-0.39, 0.29) is 29.7 Å². The normalized spacial score (nSPS) is 18.2. The molecular formula is C17H21N5O4S. The molecule has 1 unspecified atom stereocenters. The van der Waals surface area contributed by atoms with Crippen molar-refractivity contribution < 1.29 is 18.0 Å². The van der Waals surface area contributed by atoms with Crippen molar-refractivity contribution in [3.05, 3.63) is 42.2 Å². The average Bonchev–Trinajstić information content (AvgIpc) is 3.26.